The second kappa shape index (κ2) is 4.68. The molecular formula is C13H9NO5S. The molecular weight excluding hydrogens is 282 g/mol. The van der Waals surface area contributed by atoms with Gasteiger partial charge in [-0.15, -0.1) is 11.8 Å². The van der Waals surface area contributed by atoms with Crippen LogP contribution in [-0.2, 0) is 4.79 Å². The molecule has 7 heteroatoms. The quantitative estimate of drug-likeness (QED) is 0.812. The van der Waals surface area contributed by atoms with Gasteiger partial charge in [0.2, 0.25) is 0 Å². The Morgan fingerprint density at radius 1 is 1.40 bits per heavy atom. The molecule has 102 valence electrons. The van der Waals surface area contributed by atoms with Crippen molar-refractivity contribution < 1.29 is 19.4 Å². The molecule has 2 aromatic rings. The molecule has 0 unspecified atom stereocenters. The van der Waals surface area contributed by atoms with Crippen molar-refractivity contribution in [3.8, 4) is 5.75 Å². The lowest BCUT2D eigenvalue weighted by molar-refractivity contribution is -0.137. The molecule has 1 atom stereocenters. The summed E-state index contributed by atoms with van der Waals surface area (Å²) >= 11 is 1.22. The average Bonchev–Trinajstić information content (AvgIpc) is 2.87. The number of aliphatic imine (C=N–C) groups is 1. The molecule has 0 aliphatic carbocycles. The van der Waals surface area contributed by atoms with E-state index in [0.29, 0.717) is 16.2 Å². The van der Waals surface area contributed by atoms with E-state index in [-0.39, 0.29) is 16.9 Å². The molecule has 0 bridgehead atoms. The third kappa shape index (κ3) is 2.16. The van der Waals surface area contributed by atoms with Gasteiger partial charge in [0.1, 0.15) is 16.4 Å². The van der Waals surface area contributed by atoms with Crippen LogP contribution < -0.4 is 5.63 Å². The first-order chi connectivity index (χ1) is 9.54. The molecule has 2 heterocycles. The molecule has 1 aromatic heterocycles. The largest absolute Gasteiger partial charge is 0.508 e. The van der Waals surface area contributed by atoms with Gasteiger partial charge in [0.25, 0.3) is 0 Å². The molecule has 0 spiro atoms. The Bertz CT molecular complexity index is 795. The fourth-order valence-corrected chi connectivity index (χ4v) is 2.93. The molecule has 1 aliphatic rings. The minimum Gasteiger partial charge on any atom is -0.508 e. The zero-order valence-electron chi connectivity index (χ0n) is 10.1. The number of hydrogen-bond acceptors (Lipinski definition) is 6. The number of carbonyl (C=O) groups is 1. The Hall–Kier alpha value is -2.28. The van der Waals surface area contributed by atoms with Gasteiger partial charge in [-0.1, -0.05) is 0 Å². The van der Waals surface area contributed by atoms with Crippen molar-refractivity contribution in [2.45, 2.75) is 6.04 Å². The molecule has 1 aromatic carbocycles. The second-order valence-corrected chi connectivity index (χ2v) is 5.28. The van der Waals surface area contributed by atoms with E-state index in [0.717, 1.165) is 0 Å². The van der Waals surface area contributed by atoms with Crippen LogP contribution in [0.15, 0.2) is 38.5 Å². The Kier molecular flexibility index (Phi) is 2.98. The van der Waals surface area contributed by atoms with E-state index in [2.05, 4.69) is 4.99 Å². The van der Waals surface area contributed by atoms with Crippen LogP contribution in [-0.4, -0.2) is 33.0 Å². The maximum atomic E-state index is 11.9. The summed E-state index contributed by atoms with van der Waals surface area (Å²) in [5.41, 5.74) is -0.0746. The lowest BCUT2D eigenvalue weighted by Crippen LogP contribution is -2.17. The second-order valence-electron chi connectivity index (χ2n) is 4.27. The molecule has 0 radical (unpaired) electrons. The fraction of sp³-hybridized carbons (Fsp3) is 0.154. The maximum absolute atomic E-state index is 11.9. The van der Waals surface area contributed by atoms with Crippen molar-refractivity contribution in [3.63, 3.8) is 0 Å². The van der Waals surface area contributed by atoms with Gasteiger partial charge in [-0.2, -0.15) is 0 Å². The third-order valence-corrected chi connectivity index (χ3v) is 3.97. The summed E-state index contributed by atoms with van der Waals surface area (Å²) in [6, 6.07) is 5.22. The smallest absolute Gasteiger partial charge is 0.346 e. The number of thioether (sulfide) groups is 1. The highest BCUT2D eigenvalue weighted by Crippen LogP contribution is 2.25. The van der Waals surface area contributed by atoms with Gasteiger partial charge in [0, 0.05) is 17.2 Å². The monoisotopic (exact) mass is 291 g/mol. The molecule has 0 saturated heterocycles. The predicted octanol–water partition coefficient (Wildman–Crippen LogP) is 1.45. The van der Waals surface area contributed by atoms with E-state index < -0.39 is 17.6 Å². The summed E-state index contributed by atoms with van der Waals surface area (Å²) in [7, 11) is 0. The van der Waals surface area contributed by atoms with E-state index in [9.17, 15) is 14.7 Å². The number of carboxylic acid groups (broad SMARTS) is 1. The van der Waals surface area contributed by atoms with Crippen LogP contribution in [0.2, 0.25) is 0 Å². The van der Waals surface area contributed by atoms with Crippen molar-refractivity contribution in [1.82, 2.24) is 0 Å². The van der Waals surface area contributed by atoms with E-state index in [1.54, 1.807) is 12.1 Å². The lowest BCUT2D eigenvalue weighted by Gasteiger charge is -2.01. The fourth-order valence-electron chi connectivity index (χ4n) is 1.90. The standard InChI is InChI=1S/C13H9NO5S/c15-7-2-1-6-3-8(13(18)19-10(6)4-7)11-14-9(5-20-11)12(16)17/h1-4,9,15H,5H2,(H,16,17)/t9-/m1/s1. The van der Waals surface area contributed by atoms with Crippen LogP contribution in [0.3, 0.4) is 0 Å². The Labute approximate surface area is 116 Å². The van der Waals surface area contributed by atoms with Gasteiger partial charge < -0.3 is 14.6 Å². The summed E-state index contributed by atoms with van der Waals surface area (Å²) in [4.78, 5) is 26.8. The van der Waals surface area contributed by atoms with Gasteiger partial charge in [-0.3, -0.25) is 4.99 Å². The normalized spacial score (nSPS) is 18.2. The Morgan fingerprint density at radius 3 is 2.90 bits per heavy atom. The number of rotatable bonds is 2. The zero-order chi connectivity index (χ0) is 14.3. The number of nitrogens with zero attached hydrogens (tertiary/aromatic N) is 1. The summed E-state index contributed by atoms with van der Waals surface area (Å²) in [5, 5.41) is 19.3. The summed E-state index contributed by atoms with van der Waals surface area (Å²) in [5.74, 6) is -0.702. The lowest BCUT2D eigenvalue weighted by atomic mass is 10.2. The topological polar surface area (TPSA) is 100 Å². The molecule has 20 heavy (non-hydrogen) atoms. The van der Waals surface area contributed by atoms with Crippen LogP contribution in [0.1, 0.15) is 5.56 Å². The van der Waals surface area contributed by atoms with Crippen molar-refractivity contribution in [2.24, 2.45) is 4.99 Å². The first-order valence-electron chi connectivity index (χ1n) is 5.75. The number of hydrogen-bond donors (Lipinski definition) is 2. The van der Waals surface area contributed by atoms with E-state index in [1.165, 1.54) is 23.9 Å². The predicted molar refractivity (Wildman–Crippen MR) is 74.6 cm³/mol. The number of benzene rings is 1. The van der Waals surface area contributed by atoms with Gasteiger partial charge in [0.05, 0.1) is 5.56 Å². The van der Waals surface area contributed by atoms with E-state index in [4.69, 9.17) is 9.52 Å². The first-order valence-corrected chi connectivity index (χ1v) is 6.74. The summed E-state index contributed by atoms with van der Waals surface area (Å²) in [6.07, 6.45) is 0. The van der Waals surface area contributed by atoms with Gasteiger partial charge >= 0.3 is 11.6 Å². The number of phenols is 1. The van der Waals surface area contributed by atoms with Crippen molar-refractivity contribution in [1.29, 1.82) is 0 Å². The van der Waals surface area contributed by atoms with Gasteiger partial charge in [0.15, 0.2) is 6.04 Å². The highest BCUT2D eigenvalue weighted by Gasteiger charge is 2.27. The Morgan fingerprint density at radius 2 is 2.20 bits per heavy atom. The maximum Gasteiger partial charge on any atom is 0.346 e. The van der Waals surface area contributed by atoms with Crippen molar-refractivity contribution in [3.05, 3.63) is 40.2 Å². The highest BCUT2D eigenvalue weighted by molar-refractivity contribution is 8.14. The van der Waals surface area contributed by atoms with E-state index >= 15 is 0 Å². The molecule has 0 saturated carbocycles. The minimum atomic E-state index is -1.01. The number of fused-ring (bicyclic) bond motifs is 1. The van der Waals surface area contributed by atoms with Crippen molar-refractivity contribution >= 4 is 33.7 Å². The zero-order valence-corrected chi connectivity index (χ0v) is 10.9. The first kappa shape index (κ1) is 12.7. The van der Waals surface area contributed by atoms with Crippen molar-refractivity contribution in [2.75, 3.05) is 5.75 Å². The summed E-state index contributed by atoms with van der Waals surface area (Å²) in [6.45, 7) is 0. The van der Waals surface area contributed by atoms with Gasteiger partial charge in [-0.25, -0.2) is 9.59 Å². The van der Waals surface area contributed by atoms with Crippen LogP contribution in [0.5, 0.6) is 5.75 Å². The van der Waals surface area contributed by atoms with Gasteiger partial charge in [-0.05, 0) is 18.2 Å². The highest BCUT2D eigenvalue weighted by atomic mass is 32.2. The third-order valence-electron chi connectivity index (χ3n) is 2.89. The number of carboxylic acids is 1. The van der Waals surface area contributed by atoms with Crippen LogP contribution in [0.4, 0.5) is 0 Å². The van der Waals surface area contributed by atoms with Crippen LogP contribution in [0.25, 0.3) is 11.0 Å². The SMILES string of the molecule is O=C(O)[C@H]1CSC(c2cc3ccc(O)cc3oc2=O)=N1. The number of phenolic OH excluding ortho intramolecular Hbond substituents is 1. The molecule has 3 rings (SSSR count). The molecule has 6 nitrogen and oxygen atoms in total. The average molecular weight is 291 g/mol. The number of aliphatic carboxylic acids is 1. The molecule has 1 aliphatic heterocycles. The van der Waals surface area contributed by atoms with Crippen LogP contribution >= 0.6 is 11.8 Å². The molecule has 0 fully saturated rings. The Balaban J connectivity index is 2.11. The van der Waals surface area contributed by atoms with Crippen LogP contribution in [0, 0.1) is 0 Å². The molecule has 2 N–H and O–H groups in total. The number of aromatic hydroxyl groups is 1. The minimum absolute atomic E-state index is 0.00641. The summed E-state index contributed by atoms with van der Waals surface area (Å²) < 4.78 is 5.12. The molecule has 0 amide bonds. The van der Waals surface area contributed by atoms with E-state index in [1.807, 2.05) is 0 Å².